The van der Waals surface area contributed by atoms with Gasteiger partial charge in [-0.1, -0.05) is 27.7 Å². The molecule has 2 aliphatic rings. The summed E-state index contributed by atoms with van der Waals surface area (Å²) < 4.78 is 0. The summed E-state index contributed by atoms with van der Waals surface area (Å²) in [5.41, 5.74) is 0.981. The second-order valence-electron chi connectivity index (χ2n) is 6.08. The molecule has 0 aromatic heterocycles. The molecule has 0 N–H and O–H groups in total. The number of nitrogens with zero attached hydrogens (tertiary/aromatic N) is 1. The van der Waals surface area contributed by atoms with Crippen LogP contribution in [0.3, 0.4) is 0 Å². The van der Waals surface area contributed by atoms with Crippen LogP contribution >= 0.6 is 0 Å². The van der Waals surface area contributed by atoms with E-state index in [1.54, 1.807) is 6.92 Å². The summed E-state index contributed by atoms with van der Waals surface area (Å²) in [6, 6.07) is 0. The fourth-order valence-corrected chi connectivity index (χ4v) is 2.78. The second-order valence-corrected chi connectivity index (χ2v) is 6.08. The molecule has 1 saturated carbocycles. The van der Waals surface area contributed by atoms with Gasteiger partial charge in [-0.3, -0.25) is 14.5 Å². The van der Waals surface area contributed by atoms with Gasteiger partial charge in [0.05, 0.1) is 0 Å². The highest BCUT2D eigenvalue weighted by molar-refractivity contribution is 6.15. The molecule has 0 spiro atoms. The molecule has 1 fully saturated rings. The van der Waals surface area contributed by atoms with E-state index in [-0.39, 0.29) is 22.6 Å². The van der Waals surface area contributed by atoms with Crippen molar-refractivity contribution in [1.82, 2.24) is 4.90 Å². The summed E-state index contributed by atoms with van der Waals surface area (Å²) in [4.78, 5) is 24.7. The van der Waals surface area contributed by atoms with Gasteiger partial charge < -0.3 is 0 Å². The SMILES string of the molecule is CC1=CC(=O)N(CC2C(C)(C)C2(C)C)C1=O. The summed E-state index contributed by atoms with van der Waals surface area (Å²) >= 11 is 0. The Morgan fingerprint density at radius 3 is 2.00 bits per heavy atom. The predicted octanol–water partition coefficient (Wildman–Crippen LogP) is 1.98. The third-order valence-electron chi connectivity index (χ3n) is 4.87. The Morgan fingerprint density at radius 1 is 1.19 bits per heavy atom. The molecule has 0 saturated heterocycles. The van der Waals surface area contributed by atoms with E-state index in [1.165, 1.54) is 11.0 Å². The number of carbonyl (C=O) groups excluding carboxylic acids is 2. The molecule has 1 aliphatic carbocycles. The van der Waals surface area contributed by atoms with Crippen LogP contribution in [0.4, 0.5) is 0 Å². The second kappa shape index (κ2) is 2.96. The Bertz CT molecular complexity index is 390. The standard InChI is InChI=1S/C13H19NO2/c1-8-6-10(15)14(11(8)16)7-9-12(2,3)13(9,4)5/h6,9H,7H2,1-5H3. The molecule has 16 heavy (non-hydrogen) atoms. The first kappa shape index (κ1) is 11.4. The van der Waals surface area contributed by atoms with Crippen LogP contribution < -0.4 is 0 Å². The molecule has 1 heterocycles. The molecule has 2 rings (SSSR count). The van der Waals surface area contributed by atoms with Gasteiger partial charge in [-0.15, -0.1) is 0 Å². The molecule has 0 aromatic carbocycles. The summed E-state index contributed by atoms with van der Waals surface area (Å²) in [5.74, 6) is 0.136. The van der Waals surface area contributed by atoms with E-state index < -0.39 is 0 Å². The lowest BCUT2D eigenvalue weighted by Crippen LogP contribution is -2.33. The van der Waals surface area contributed by atoms with Crippen LogP contribution in [0.15, 0.2) is 11.6 Å². The summed E-state index contributed by atoms with van der Waals surface area (Å²) in [5, 5.41) is 0. The molecule has 0 unspecified atom stereocenters. The Hall–Kier alpha value is -1.12. The van der Waals surface area contributed by atoms with Crippen LogP contribution in [0.5, 0.6) is 0 Å². The number of hydrogen-bond acceptors (Lipinski definition) is 2. The van der Waals surface area contributed by atoms with E-state index >= 15 is 0 Å². The third kappa shape index (κ3) is 1.27. The van der Waals surface area contributed by atoms with Crippen molar-refractivity contribution in [1.29, 1.82) is 0 Å². The van der Waals surface area contributed by atoms with Crippen molar-refractivity contribution in [2.24, 2.45) is 16.7 Å². The monoisotopic (exact) mass is 221 g/mol. The van der Waals surface area contributed by atoms with Gasteiger partial charge in [0.1, 0.15) is 0 Å². The van der Waals surface area contributed by atoms with Gasteiger partial charge in [-0.05, 0) is 23.7 Å². The van der Waals surface area contributed by atoms with Gasteiger partial charge in [-0.2, -0.15) is 0 Å². The van der Waals surface area contributed by atoms with Crippen LogP contribution in [0.1, 0.15) is 34.6 Å². The molecule has 0 bridgehead atoms. The molecule has 1 aliphatic heterocycles. The quantitative estimate of drug-likeness (QED) is 0.669. The van der Waals surface area contributed by atoms with Crippen LogP contribution in [0, 0.1) is 16.7 Å². The van der Waals surface area contributed by atoms with Gasteiger partial charge in [0, 0.05) is 18.2 Å². The highest BCUT2D eigenvalue weighted by atomic mass is 16.2. The van der Waals surface area contributed by atoms with Crippen molar-refractivity contribution in [2.45, 2.75) is 34.6 Å². The first-order valence-electron chi connectivity index (χ1n) is 5.73. The number of carbonyl (C=O) groups is 2. The van der Waals surface area contributed by atoms with Gasteiger partial charge >= 0.3 is 0 Å². The Balaban J connectivity index is 2.10. The zero-order valence-corrected chi connectivity index (χ0v) is 10.6. The fraction of sp³-hybridized carbons (Fsp3) is 0.692. The van der Waals surface area contributed by atoms with E-state index in [0.717, 1.165) is 0 Å². The third-order valence-corrected chi connectivity index (χ3v) is 4.87. The molecule has 0 atom stereocenters. The largest absolute Gasteiger partial charge is 0.275 e. The average molecular weight is 221 g/mol. The van der Waals surface area contributed by atoms with Crippen LogP contribution in [0.2, 0.25) is 0 Å². The molecule has 3 nitrogen and oxygen atoms in total. The van der Waals surface area contributed by atoms with Crippen molar-refractivity contribution >= 4 is 11.8 Å². The molecule has 3 heteroatoms. The minimum absolute atomic E-state index is 0.122. The maximum Gasteiger partial charge on any atom is 0.256 e. The maximum atomic E-state index is 11.7. The van der Waals surface area contributed by atoms with E-state index in [2.05, 4.69) is 27.7 Å². The number of amides is 2. The predicted molar refractivity (Wildman–Crippen MR) is 61.5 cm³/mol. The Kier molecular flexibility index (Phi) is 2.10. The van der Waals surface area contributed by atoms with E-state index in [1.807, 2.05) is 0 Å². The first-order valence-corrected chi connectivity index (χ1v) is 5.73. The van der Waals surface area contributed by atoms with E-state index in [0.29, 0.717) is 18.0 Å². The van der Waals surface area contributed by atoms with E-state index in [4.69, 9.17) is 0 Å². The molecule has 2 amide bonds. The van der Waals surface area contributed by atoms with Crippen LogP contribution in [-0.2, 0) is 9.59 Å². The topological polar surface area (TPSA) is 37.4 Å². The van der Waals surface area contributed by atoms with Crippen molar-refractivity contribution in [3.8, 4) is 0 Å². The van der Waals surface area contributed by atoms with Crippen molar-refractivity contribution in [3.63, 3.8) is 0 Å². The average Bonchev–Trinajstić information content (AvgIpc) is 2.39. The smallest absolute Gasteiger partial charge is 0.256 e. The zero-order chi connectivity index (χ0) is 12.3. The molecular formula is C13H19NO2. The number of imide groups is 1. The first-order chi connectivity index (χ1) is 7.19. The molecule has 88 valence electrons. The number of hydrogen-bond donors (Lipinski definition) is 0. The zero-order valence-electron chi connectivity index (χ0n) is 10.6. The van der Waals surface area contributed by atoms with Gasteiger partial charge in [0.2, 0.25) is 0 Å². The van der Waals surface area contributed by atoms with Crippen molar-refractivity contribution in [3.05, 3.63) is 11.6 Å². The fourth-order valence-electron chi connectivity index (χ4n) is 2.78. The van der Waals surface area contributed by atoms with Gasteiger partial charge in [-0.25, -0.2) is 0 Å². The van der Waals surface area contributed by atoms with Gasteiger partial charge in [0.25, 0.3) is 11.8 Å². The minimum Gasteiger partial charge on any atom is -0.275 e. The molecule has 0 radical (unpaired) electrons. The van der Waals surface area contributed by atoms with Crippen LogP contribution in [-0.4, -0.2) is 23.3 Å². The molecule has 0 aromatic rings. The summed E-state index contributed by atoms with van der Waals surface area (Å²) in [7, 11) is 0. The molecular weight excluding hydrogens is 202 g/mol. The normalized spacial score (nSPS) is 27.3. The van der Waals surface area contributed by atoms with Crippen molar-refractivity contribution < 1.29 is 9.59 Å². The van der Waals surface area contributed by atoms with Crippen LogP contribution in [0.25, 0.3) is 0 Å². The summed E-state index contributed by atoms with van der Waals surface area (Å²) in [6.07, 6.45) is 1.44. The Labute approximate surface area is 96.5 Å². The number of rotatable bonds is 2. The maximum absolute atomic E-state index is 11.7. The van der Waals surface area contributed by atoms with E-state index in [9.17, 15) is 9.59 Å². The highest BCUT2D eigenvalue weighted by Crippen LogP contribution is 2.68. The Morgan fingerprint density at radius 2 is 1.69 bits per heavy atom. The lowest BCUT2D eigenvalue weighted by atomic mass is 10.0. The van der Waals surface area contributed by atoms with Crippen molar-refractivity contribution in [2.75, 3.05) is 6.54 Å². The summed E-state index contributed by atoms with van der Waals surface area (Å²) in [6.45, 7) is 11.0. The highest BCUT2D eigenvalue weighted by Gasteiger charge is 2.65. The minimum atomic E-state index is -0.152. The lowest BCUT2D eigenvalue weighted by Gasteiger charge is -2.15. The van der Waals surface area contributed by atoms with Gasteiger partial charge in [0.15, 0.2) is 0 Å². The lowest BCUT2D eigenvalue weighted by molar-refractivity contribution is -0.137.